The third-order valence-corrected chi connectivity index (χ3v) is 3.71. The fourth-order valence-electron chi connectivity index (χ4n) is 2.71. The molecule has 5 heteroatoms. The molecule has 0 atom stereocenters. The van der Waals surface area contributed by atoms with E-state index < -0.39 is 0 Å². The van der Waals surface area contributed by atoms with Crippen LogP contribution in [-0.4, -0.2) is 11.8 Å². The first kappa shape index (κ1) is 16.5. The first-order valence-corrected chi connectivity index (χ1v) is 7.97. The summed E-state index contributed by atoms with van der Waals surface area (Å²) >= 11 is 0. The number of nitrogens with one attached hydrogen (secondary N) is 3. The predicted octanol–water partition coefficient (Wildman–Crippen LogP) is 4.50. The van der Waals surface area contributed by atoms with Gasteiger partial charge in [0.2, 0.25) is 11.8 Å². The van der Waals surface area contributed by atoms with Crippen molar-refractivity contribution >= 4 is 45.3 Å². The first-order chi connectivity index (χ1) is 12.0. The molecular formula is C20H19N3O2. The van der Waals surface area contributed by atoms with Gasteiger partial charge in [-0.1, -0.05) is 36.4 Å². The lowest BCUT2D eigenvalue weighted by Crippen LogP contribution is -2.10. The molecule has 0 saturated carbocycles. The number of hydrogen-bond donors (Lipinski definition) is 3. The van der Waals surface area contributed by atoms with E-state index in [0.717, 1.165) is 22.1 Å². The van der Waals surface area contributed by atoms with Crippen molar-refractivity contribution in [3.63, 3.8) is 0 Å². The number of rotatable bonds is 4. The molecule has 5 nitrogen and oxygen atoms in total. The largest absolute Gasteiger partial charge is 0.353 e. The number of hydrogen-bond acceptors (Lipinski definition) is 3. The molecule has 0 fully saturated rings. The zero-order valence-corrected chi connectivity index (χ0v) is 14.1. The molecule has 3 aromatic carbocycles. The standard InChI is InChI=1S/C20H19N3O2/c1-13(24)21-16-10-11-19(20(12-16)22-14(2)25)23-18-9-5-7-15-6-3-4-8-17(15)18/h3-12,23H,1-2H3,(H,21,24)(H,22,25). The summed E-state index contributed by atoms with van der Waals surface area (Å²) < 4.78 is 0. The summed E-state index contributed by atoms with van der Waals surface area (Å²) in [6.45, 7) is 2.90. The molecule has 0 radical (unpaired) electrons. The van der Waals surface area contributed by atoms with Crippen molar-refractivity contribution in [3.05, 3.63) is 60.7 Å². The second-order valence-corrected chi connectivity index (χ2v) is 5.77. The number of amides is 2. The molecule has 126 valence electrons. The van der Waals surface area contributed by atoms with Gasteiger partial charge in [0.25, 0.3) is 0 Å². The lowest BCUT2D eigenvalue weighted by atomic mass is 10.1. The van der Waals surface area contributed by atoms with Crippen LogP contribution in [0.25, 0.3) is 10.8 Å². The third kappa shape index (κ3) is 3.95. The van der Waals surface area contributed by atoms with Crippen LogP contribution in [0.2, 0.25) is 0 Å². The molecule has 0 aliphatic heterocycles. The van der Waals surface area contributed by atoms with Gasteiger partial charge < -0.3 is 16.0 Å². The molecule has 0 unspecified atom stereocenters. The maximum Gasteiger partial charge on any atom is 0.221 e. The van der Waals surface area contributed by atoms with Gasteiger partial charge in [-0.2, -0.15) is 0 Å². The SMILES string of the molecule is CC(=O)Nc1ccc(Nc2cccc3ccccc23)c(NC(C)=O)c1. The van der Waals surface area contributed by atoms with Gasteiger partial charge in [-0.3, -0.25) is 9.59 Å². The highest BCUT2D eigenvalue weighted by Crippen LogP contribution is 2.32. The van der Waals surface area contributed by atoms with E-state index in [1.165, 1.54) is 13.8 Å². The van der Waals surface area contributed by atoms with Crippen LogP contribution in [0.3, 0.4) is 0 Å². The van der Waals surface area contributed by atoms with Crippen LogP contribution >= 0.6 is 0 Å². The van der Waals surface area contributed by atoms with Crippen molar-refractivity contribution < 1.29 is 9.59 Å². The van der Waals surface area contributed by atoms with Gasteiger partial charge in [0.05, 0.1) is 11.4 Å². The van der Waals surface area contributed by atoms with E-state index in [-0.39, 0.29) is 11.8 Å². The molecule has 0 spiro atoms. The molecule has 0 aliphatic carbocycles. The molecular weight excluding hydrogens is 314 g/mol. The van der Waals surface area contributed by atoms with Crippen molar-refractivity contribution in [1.29, 1.82) is 0 Å². The minimum absolute atomic E-state index is 0.163. The number of anilines is 4. The van der Waals surface area contributed by atoms with Crippen LogP contribution in [0.5, 0.6) is 0 Å². The lowest BCUT2D eigenvalue weighted by Gasteiger charge is -2.15. The summed E-state index contributed by atoms with van der Waals surface area (Å²) in [5.41, 5.74) is 2.92. The van der Waals surface area contributed by atoms with Gasteiger partial charge in [0.15, 0.2) is 0 Å². The van der Waals surface area contributed by atoms with E-state index in [0.29, 0.717) is 11.4 Å². The molecule has 3 rings (SSSR count). The number of carbonyl (C=O) groups excluding carboxylic acids is 2. The molecule has 0 bridgehead atoms. The molecule has 0 heterocycles. The van der Waals surface area contributed by atoms with E-state index in [1.807, 2.05) is 36.4 Å². The summed E-state index contributed by atoms with van der Waals surface area (Å²) in [7, 11) is 0. The van der Waals surface area contributed by atoms with Crippen molar-refractivity contribution in [1.82, 2.24) is 0 Å². The minimum Gasteiger partial charge on any atom is -0.353 e. The zero-order valence-electron chi connectivity index (χ0n) is 14.1. The minimum atomic E-state index is -0.180. The summed E-state index contributed by atoms with van der Waals surface area (Å²) in [6, 6.07) is 19.5. The molecule has 25 heavy (non-hydrogen) atoms. The molecule has 0 aliphatic rings. The van der Waals surface area contributed by atoms with Crippen molar-refractivity contribution in [2.24, 2.45) is 0 Å². The Kier molecular flexibility index (Phi) is 4.66. The molecule has 3 aromatic rings. The van der Waals surface area contributed by atoms with Crippen LogP contribution < -0.4 is 16.0 Å². The van der Waals surface area contributed by atoms with Gasteiger partial charge in [0.1, 0.15) is 0 Å². The Morgan fingerprint density at radius 1 is 0.720 bits per heavy atom. The van der Waals surface area contributed by atoms with Crippen LogP contribution in [0.4, 0.5) is 22.7 Å². The molecule has 2 amide bonds. The fraction of sp³-hybridized carbons (Fsp3) is 0.100. The Balaban J connectivity index is 2.00. The van der Waals surface area contributed by atoms with Crippen molar-refractivity contribution in [3.8, 4) is 0 Å². The molecule has 3 N–H and O–H groups in total. The maximum atomic E-state index is 11.5. The van der Waals surface area contributed by atoms with E-state index in [4.69, 9.17) is 0 Å². The van der Waals surface area contributed by atoms with E-state index in [1.54, 1.807) is 12.1 Å². The topological polar surface area (TPSA) is 70.2 Å². The number of fused-ring (bicyclic) bond motifs is 1. The second-order valence-electron chi connectivity index (χ2n) is 5.77. The van der Waals surface area contributed by atoms with Gasteiger partial charge in [0, 0.05) is 30.6 Å². The monoisotopic (exact) mass is 333 g/mol. The fourth-order valence-corrected chi connectivity index (χ4v) is 2.71. The first-order valence-electron chi connectivity index (χ1n) is 7.97. The van der Waals surface area contributed by atoms with Gasteiger partial charge in [-0.25, -0.2) is 0 Å². The summed E-state index contributed by atoms with van der Waals surface area (Å²) in [5.74, 6) is -0.343. The van der Waals surface area contributed by atoms with Gasteiger partial charge >= 0.3 is 0 Å². The quantitative estimate of drug-likeness (QED) is 0.658. The van der Waals surface area contributed by atoms with Crippen molar-refractivity contribution in [2.45, 2.75) is 13.8 Å². The summed E-state index contributed by atoms with van der Waals surface area (Å²) in [4.78, 5) is 22.8. The Labute approximate surface area is 146 Å². The highest BCUT2D eigenvalue weighted by molar-refractivity contribution is 6.00. The summed E-state index contributed by atoms with van der Waals surface area (Å²) in [5, 5.41) is 11.1. The van der Waals surface area contributed by atoms with E-state index in [2.05, 4.69) is 28.1 Å². The average Bonchev–Trinajstić information content (AvgIpc) is 2.56. The normalized spacial score (nSPS) is 10.3. The Bertz CT molecular complexity index is 945. The zero-order chi connectivity index (χ0) is 17.8. The number of benzene rings is 3. The van der Waals surface area contributed by atoms with Gasteiger partial charge in [-0.05, 0) is 29.7 Å². The van der Waals surface area contributed by atoms with E-state index in [9.17, 15) is 9.59 Å². The van der Waals surface area contributed by atoms with Crippen molar-refractivity contribution in [2.75, 3.05) is 16.0 Å². The Morgan fingerprint density at radius 2 is 1.44 bits per heavy atom. The smallest absolute Gasteiger partial charge is 0.221 e. The van der Waals surface area contributed by atoms with Gasteiger partial charge in [-0.15, -0.1) is 0 Å². The highest BCUT2D eigenvalue weighted by Gasteiger charge is 2.09. The van der Waals surface area contributed by atoms with Crippen LogP contribution in [0, 0.1) is 0 Å². The highest BCUT2D eigenvalue weighted by atomic mass is 16.2. The molecule has 0 aromatic heterocycles. The average molecular weight is 333 g/mol. The second kappa shape index (κ2) is 7.05. The van der Waals surface area contributed by atoms with Crippen LogP contribution in [-0.2, 0) is 9.59 Å². The third-order valence-electron chi connectivity index (χ3n) is 3.71. The van der Waals surface area contributed by atoms with Crippen LogP contribution in [0.15, 0.2) is 60.7 Å². The molecule has 0 saturated heterocycles. The lowest BCUT2D eigenvalue weighted by molar-refractivity contribution is -0.115. The predicted molar refractivity (Wildman–Crippen MR) is 102 cm³/mol. The van der Waals surface area contributed by atoms with Crippen LogP contribution in [0.1, 0.15) is 13.8 Å². The van der Waals surface area contributed by atoms with E-state index >= 15 is 0 Å². The Hall–Kier alpha value is -3.34. The maximum absolute atomic E-state index is 11.5. The number of carbonyl (C=O) groups is 2. The Morgan fingerprint density at radius 3 is 2.20 bits per heavy atom. The summed E-state index contributed by atoms with van der Waals surface area (Å²) in [6.07, 6.45) is 0.